The van der Waals surface area contributed by atoms with Crippen molar-refractivity contribution < 1.29 is 19.4 Å². The normalized spacial score (nSPS) is 19.5. The highest BCUT2D eigenvalue weighted by Gasteiger charge is 2.23. The Bertz CT molecular complexity index is 454. The molecule has 0 aliphatic carbocycles. The van der Waals surface area contributed by atoms with Gasteiger partial charge in [-0.2, -0.15) is 0 Å². The molecule has 5 heteroatoms. The lowest BCUT2D eigenvalue weighted by molar-refractivity contribution is -0.142. The van der Waals surface area contributed by atoms with Crippen LogP contribution >= 0.6 is 0 Å². The maximum atomic E-state index is 11.9. The van der Waals surface area contributed by atoms with Gasteiger partial charge in [0.2, 0.25) is 5.91 Å². The summed E-state index contributed by atoms with van der Waals surface area (Å²) in [6, 6.07) is 7.74. The van der Waals surface area contributed by atoms with E-state index in [1.165, 1.54) is 0 Å². The van der Waals surface area contributed by atoms with E-state index in [4.69, 9.17) is 4.74 Å². The first kappa shape index (κ1) is 14.5. The van der Waals surface area contributed by atoms with E-state index in [-0.39, 0.29) is 5.91 Å². The van der Waals surface area contributed by atoms with Crippen molar-refractivity contribution >= 4 is 11.9 Å². The van der Waals surface area contributed by atoms with Gasteiger partial charge < -0.3 is 15.2 Å². The Kier molecular flexibility index (Phi) is 5.12. The van der Waals surface area contributed by atoms with Crippen LogP contribution < -0.4 is 5.32 Å². The topological polar surface area (TPSA) is 75.6 Å². The summed E-state index contributed by atoms with van der Waals surface area (Å²) < 4.78 is 5.25. The van der Waals surface area contributed by atoms with Crippen LogP contribution in [0.4, 0.5) is 0 Å². The summed E-state index contributed by atoms with van der Waals surface area (Å²) in [5.74, 6) is -0.859. The van der Waals surface area contributed by atoms with E-state index in [1.807, 2.05) is 6.07 Å². The van der Waals surface area contributed by atoms with Gasteiger partial charge in [-0.15, -0.1) is 0 Å². The molecule has 1 aliphatic heterocycles. The molecule has 2 N–H and O–H groups in total. The Morgan fingerprint density at radius 3 is 2.70 bits per heavy atom. The van der Waals surface area contributed by atoms with Crippen molar-refractivity contribution in [3.8, 4) is 0 Å². The Labute approximate surface area is 117 Å². The molecule has 0 saturated carbocycles. The highest BCUT2D eigenvalue weighted by molar-refractivity contribution is 5.84. The summed E-state index contributed by atoms with van der Waals surface area (Å²) >= 11 is 0. The molecule has 2 atom stereocenters. The van der Waals surface area contributed by atoms with Gasteiger partial charge in [0, 0.05) is 19.6 Å². The van der Waals surface area contributed by atoms with Gasteiger partial charge in [0.25, 0.3) is 0 Å². The molecule has 2 rings (SSSR count). The minimum Gasteiger partial charge on any atom is -0.479 e. The zero-order chi connectivity index (χ0) is 14.4. The van der Waals surface area contributed by atoms with E-state index in [2.05, 4.69) is 5.32 Å². The largest absolute Gasteiger partial charge is 0.479 e. The highest BCUT2D eigenvalue weighted by Crippen LogP contribution is 2.18. The summed E-state index contributed by atoms with van der Waals surface area (Å²) in [5.41, 5.74) is 0.581. The number of nitrogens with one attached hydrogen (secondary N) is 1. The predicted octanol–water partition coefficient (Wildman–Crippen LogP) is 1.75. The number of carboxylic acids is 1. The van der Waals surface area contributed by atoms with Crippen molar-refractivity contribution in [2.75, 3.05) is 13.2 Å². The zero-order valence-corrected chi connectivity index (χ0v) is 11.2. The Morgan fingerprint density at radius 2 is 2.10 bits per heavy atom. The molecule has 108 valence electrons. The SMILES string of the molecule is O=C(CCC1CCOC1)N[C@@H](C(=O)O)c1ccccc1. The van der Waals surface area contributed by atoms with Gasteiger partial charge in [-0.05, 0) is 24.3 Å². The fourth-order valence-corrected chi connectivity index (χ4v) is 2.31. The number of ether oxygens (including phenoxy) is 1. The van der Waals surface area contributed by atoms with Gasteiger partial charge >= 0.3 is 5.97 Å². The standard InChI is InChI=1S/C15H19NO4/c17-13(7-6-11-8-9-20-10-11)16-14(15(18)19)12-4-2-1-3-5-12/h1-5,11,14H,6-10H2,(H,16,17)(H,18,19)/t11?,14-/m1/s1. The first-order valence-electron chi connectivity index (χ1n) is 6.81. The predicted molar refractivity (Wildman–Crippen MR) is 73.1 cm³/mol. The van der Waals surface area contributed by atoms with Crippen LogP contribution in [-0.2, 0) is 14.3 Å². The highest BCUT2D eigenvalue weighted by atomic mass is 16.5. The Balaban J connectivity index is 1.87. The monoisotopic (exact) mass is 277 g/mol. The lowest BCUT2D eigenvalue weighted by Crippen LogP contribution is -2.33. The molecule has 1 saturated heterocycles. The lowest BCUT2D eigenvalue weighted by Gasteiger charge is -2.15. The summed E-state index contributed by atoms with van der Waals surface area (Å²) in [7, 11) is 0. The van der Waals surface area contributed by atoms with Crippen molar-refractivity contribution in [1.82, 2.24) is 5.32 Å². The molecule has 0 radical (unpaired) electrons. The molecule has 1 fully saturated rings. The number of benzene rings is 1. The van der Waals surface area contributed by atoms with E-state index >= 15 is 0 Å². The van der Waals surface area contributed by atoms with E-state index in [1.54, 1.807) is 24.3 Å². The number of hydrogen-bond donors (Lipinski definition) is 2. The fourth-order valence-electron chi connectivity index (χ4n) is 2.31. The number of carbonyl (C=O) groups excluding carboxylic acids is 1. The van der Waals surface area contributed by atoms with Crippen LogP contribution in [0.5, 0.6) is 0 Å². The second-order valence-electron chi connectivity index (χ2n) is 5.02. The number of carbonyl (C=O) groups is 2. The van der Waals surface area contributed by atoms with Gasteiger partial charge in [-0.1, -0.05) is 30.3 Å². The smallest absolute Gasteiger partial charge is 0.330 e. The number of rotatable bonds is 6. The second kappa shape index (κ2) is 7.05. The van der Waals surface area contributed by atoms with Crippen LogP contribution in [0.2, 0.25) is 0 Å². The molecule has 5 nitrogen and oxygen atoms in total. The summed E-state index contributed by atoms with van der Waals surface area (Å²) in [4.78, 5) is 23.1. The average molecular weight is 277 g/mol. The molecule has 1 aliphatic rings. The van der Waals surface area contributed by atoms with Crippen molar-refractivity contribution in [1.29, 1.82) is 0 Å². The maximum Gasteiger partial charge on any atom is 0.330 e. The van der Waals surface area contributed by atoms with Gasteiger partial charge in [-0.3, -0.25) is 4.79 Å². The molecule has 1 unspecified atom stereocenters. The summed E-state index contributed by atoms with van der Waals surface area (Å²) in [6.45, 7) is 1.46. The first-order valence-corrected chi connectivity index (χ1v) is 6.81. The minimum atomic E-state index is -1.05. The lowest BCUT2D eigenvalue weighted by atomic mass is 10.0. The Morgan fingerprint density at radius 1 is 1.35 bits per heavy atom. The van der Waals surface area contributed by atoms with E-state index in [0.717, 1.165) is 19.4 Å². The molecule has 1 amide bonds. The molecular formula is C15H19NO4. The van der Waals surface area contributed by atoms with Crippen LogP contribution in [0.1, 0.15) is 30.9 Å². The molecule has 1 aromatic carbocycles. The van der Waals surface area contributed by atoms with E-state index < -0.39 is 12.0 Å². The molecule has 0 spiro atoms. The number of carboxylic acid groups (broad SMARTS) is 1. The summed E-state index contributed by atoms with van der Waals surface area (Å²) in [5, 5.41) is 11.8. The van der Waals surface area contributed by atoms with Crippen molar-refractivity contribution in [3.63, 3.8) is 0 Å². The average Bonchev–Trinajstić information content (AvgIpc) is 2.96. The van der Waals surface area contributed by atoms with Gasteiger partial charge in [0.05, 0.1) is 0 Å². The van der Waals surface area contributed by atoms with Crippen LogP contribution in [-0.4, -0.2) is 30.2 Å². The molecule has 20 heavy (non-hydrogen) atoms. The minimum absolute atomic E-state index is 0.229. The quantitative estimate of drug-likeness (QED) is 0.830. The third-order valence-electron chi connectivity index (χ3n) is 3.49. The van der Waals surface area contributed by atoms with Gasteiger partial charge in [0.15, 0.2) is 6.04 Å². The van der Waals surface area contributed by atoms with Crippen molar-refractivity contribution in [2.45, 2.75) is 25.3 Å². The molecule has 1 heterocycles. The van der Waals surface area contributed by atoms with Gasteiger partial charge in [0.1, 0.15) is 0 Å². The van der Waals surface area contributed by atoms with Crippen LogP contribution in [0, 0.1) is 5.92 Å². The van der Waals surface area contributed by atoms with Crippen LogP contribution in [0.25, 0.3) is 0 Å². The third kappa shape index (κ3) is 4.06. The number of hydrogen-bond acceptors (Lipinski definition) is 3. The zero-order valence-electron chi connectivity index (χ0n) is 11.2. The van der Waals surface area contributed by atoms with Crippen LogP contribution in [0.15, 0.2) is 30.3 Å². The van der Waals surface area contributed by atoms with E-state index in [0.29, 0.717) is 24.5 Å². The van der Waals surface area contributed by atoms with Gasteiger partial charge in [-0.25, -0.2) is 4.79 Å². The maximum absolute atomic E-state index is 11.9. The summed E-state index contributed by atoms with van der Waals surface area (Å²) in [6.07, 6.45) is 2.06. The number of aliphatic carboxylic acids is 1. The molecular weight excluding hydrogens is 258 g/mol. The molecule has 0 aromatic heterocycles. The fraction of sp³-hybridized carbons (Fsp3) is 0.467. The Hall–Kier alpha value is -1.88. The second-order valence-corrected chi connectivity index (χ2v) is 5.02. The van der Waals surface area contributed by atoms with Crippen LogP contribution in [0.3, 0.4) is 0 Å². The number of amides is 1. The van der Waals surface area contributed by atoms with Crippen molar-refractivity contribution in [3.05, 3.63) is 35.9 Å². The molecule has 1 aromatic rings. The molecule has 0 bridgehead atoms. The first-order chi connectivity index (χ1) is 9.66. The van der Waals surface area contributed by atoms with E-state index in [9.17, 15) is 14.7 Å². The third-order valence-corrected chi connectivity index (χ3v) is 3.49. The van der Waals surface area contributed by atoms with Crippen molar-refractivity contribution in [2.24, 2.45) is 5.92 Å².